The van der Waals surface area contributed by atoms with E-state index in [0.717, 1.165) is 6.04 Å². The summed E-state index contributed by atoms with van der Waals surface area (Å²) in [6.07, 6.45) is 4.32. The summed E-state index contributed by atoms with van der Waals surface area (Å²) in [5, 5.41) is 0. The number of likely N-dealkylation sites (N-methyl/N-ethyl adjacent to an activating group) is 1. The van der Waals surface area contributed by atoms with Crippen molar-refractivity contribution in [1.29, 1.82) is 0 Å². The van der Waals surface area contributed by atoms with Gasteiger partial charge in [-0.25, -0.2) is 0 Å². The zero-order valence-corrected chi connectivity index (χ0v) is 7.42. The Hall–Kier alpha value is -0.0800. The van der Waals surface area contributed by atoms with Crippen LogP contribution in [0, 0.1) is 0 Å². The molecular weight excluding hydrogens is 136 g/mol. The standard InChI is InChI=1S/C9H18N2/c1-10-6-7-11-5-3-2-4-9(11)8-10/h9H,2-8H2,1H3/t9-/m0/s1. The van der Waals surface area contributed by atoms with Gasteiger partial charge in [0.2, 0.25) is 0 Å². The molecule has 0 radical (unpaired) electrons. The molecule has 2 saturated heterocycles. The van der Waals surface area contributed by atoms with Crippen molar-refractivity contribution < 1.29 is 0 Å². The molecule has 2 heterocycles. The average molecular weight is 154 g/mol. The third-order valence-electron chi connectivity index (χ3n) is 3.04. The molecule has 2 rings (SSSR count). The zero-order valence-electron chi connectivity index (χ0n) is 7.42. The number of hydrogen-bond donors (Lipinski definition) is 0. The van der Waals surface area contributed by atoms with Gasteiger partial charge in [0.15, 0.2) is 0 Å². The van der Waals surface area contributed by atoms with Crippen molar-refractivity contribution in [1.82, 2.24) is 9.80 Å². The zero-order chi connectivity index (χ0) is 7.68. The average Bonchev–Trinajstić information content (AvgIpc) is 2.04. The van der Waals surface area contributed by atoms with Crippen LogP contribution in [0.5, 0.6) is 0 Å². The van der Waals surface area contributed by atoms with E-state index >= 15 is 0 Å². The largest absolute Gasteiger partial charge is 0.304 e. The number of rotatable bonds is 0. The molecule has 2 nitrogen and oxygen atoms in total. The first kappa shape index (κ1) is 7.56. The highest BCUT2D eigenvalue weighted by Crippen LogP contribution is 2.19. The molecule has 2 aliphatic heterocycles. The Kier molecular flexibility index (Phi) is 2.14. The molecule has 0 aliphatic carbocycles. The van der Waals surface area contributed by atoms with Gasteiger partial charge in [-0.3, -0.25) is 4.90 Å². The van der Waals surface area contributed by atoms with Crippen LogP contribution in [0.2, 0.25) is 0 Å². The van der Waals surface area contributed by atoms with Gasteiger partial charge in [0.05, 0.1) is 0 Å². The van der Waals surface area contributed by atoms with Crippen molar-refractivity contribution in [3.05, 3.63) is 0 Å². The Labute approximate surface area is 69.2 Å². The van der Waals surface area contributed by atoms with E-state index in [2.05, 4.69) is 16.8 Å². The Morgan fingerprint density at radius 3 is 2.91 bits per heavy atom. The molecule has 2 aliphatic rings. The molecule has 1 atom stereocenters. The minimum absolute atomic E-state index is 0.891. The Morgan fingerprint density at radius 1 is 1.09 bits per heavy atom. The maximum Gasteiger partial charge on any atom is 0.0223 e. The maximum absolute atomic E-state index is 2.67. The van der Waals surface area contributed by atoms with E-state index in [0.29, 0.717) is 0 Å². The number of fused-ring (bicyclic) bond motifs is 1. The number of nitrogens with zero attached hydrogens (tertiary/aromatic N) is 2. The quantitative estimate of drug-likeness (QED) is 0.509. The molecule has 0 spiro atoms. The SMILES string of the molecule is CN1CCN2CCCC[C@H]2C1. The fraction of sp³-hybridized carbons (Fsp3) is 1.00. The first-order valence-electron chi connectivity index (χ1n) is 4.79. The van der Waals surface area contributed by atoms with Crippen molar-refractivity contribution in [2.45, 2.75) is 25.3 Å². The lowest BCUT2D eigenvalue weighted by Gasteiger charge is -2.42. The van der Waals surface area contributed by atoms with Crippen molar-refractivity contribution in [2.24, 2.45) is 0 Å². The van der Waals surface area contributed by atoms with E-state index in [1.807, 2.05) is 0 Å². The maximum atomic E-state index is 2.67. The third-order valence-corrected chi connectivity index (χ3v) is 3.04. The molecule has 2 heteroatoms. The molecule has 64 valence electrons. The van der Waals surface area contributed by atoms with Crippen LogP contribution in [0.15, 0.2) is 0 Å². The topological polar surface area (TPSA) is 6.48 Å². The Balaban J connectivity index is 1.93. The van der Waals surface area contributed by atoms with Crippen LogP contribution in [-0.2, 0) is 0 Å². The second-order valence-corrected chi connectivity index (χ2v) is 3.95. The summed E-state index contributed by atoms with van der Waals surface area (Å²) in [6, 6.07) is 0.891. The fourth-order valence-corrected chi connectivity index (χ4v) is 2.31. The first-order chi connectivity index (χ1) is 5.36. The van der Waals surface area contributed by atoms with Gasteiger partial charge in [-0.05, 0) is 26.4 Å². The summed E-state index contributed by atoms with van der Waals surface area (Å²) in [7, 11) is 2.24. The molecule has 0 aromatic carbocycles. The van der Waals surface area contributed by atoms with Crippen molar-refractivity contribution >= 4 is 0 Å². The number of hydrogen-bond acceptors (Lipinski definition) is 2. The van der Waals surface area contributed by atoms with Crippen LogP contribution in [-0.4, -0.2) is 49.1 Å². The normalized spacial score (nSPS) is 35.2. The van der Waals surface area contributed by atoms with Crippen LogP contribution >= 0.6 is 0 Å². The number of piperidine rings is 1. The minimum Gasteiger partial charge on any atom is -0.304 e. The molecule has 0 N–H and O–H groups in total. The summed E-state index contributed by atoms with van der Waals surface area (Å²) in [4.78, 5) is 5.13. The fourth-order valence-electron chi connectivity index (χ4n) is 2.31. The third kappa shape index (κ3) is 1.57. The van der Waals surface area contributed by atoms with E-state index in [-0.39, 0.29) is 0 Å². The highest BCUT2D eigenvalue weighted by molar-refractivity contribution is 4.83. The predicted octanol–water partition coefficient (Wildman–Crippen LogP) is 0.786. The minimum atomic E-state index is 0.891. The van der Waals surface area contributed by atoms with Crippen molar-refractivity contribution in [3.8, 4) is 0 Å². The van der Waals surface area contributed by atoms with Gasteiger partial charge in [-0.15, -0.1) is 0 Å². The summed E-state index contributed by atoms with van der Waals surface area (Å²) >= 11 is 0. The molecule has 0 amide bonds. The van der Waals surface area contributed by atoms with Gasteiger partial charge in [0.1, 0.15) is 0 Å². The van der Waals surface area contributed by atoms with Gasteiger partial charge in [0.25, 0.3) is 0 Å². The van der Waals surface area contributed by atoms with Gasteiger partial charge in [-0.2, -0.15) is 0 Å². The molecule has 0 aromatic heterocycles. The van der Waals surface area contributed by atoms with Gasteiger partial charge < -0.3 is 4.90 Å². The highest BCUT2D eigenvalue weighted by atomic mass is 15.3. The highest BCUT2D eigenvalue weighted by Gasteiger charge is 2.26. The monoisotopic (exact) mass is 154 g/mol. The van der Waals surface area contributed by atoms with Gasteiger partial charge in [0, 0.05) is 25.7 Å². The van der Waals surface area contributed by atoms with Crippen molar-refractivity contribution in [3.63, 3.8) is 0 Å². The second kappa shape index (κ2) is 3.11. The molecule has 0 saturated carbocycles. The summed E-state index contributed by atoms with van der Waals surface area (Å²) in [5.41, 5.74) is 0. The van der Waals surface area contributed by atoms with Crippen molar-refractivity contribution in [2.75, 3.05) is 33.2 Å². The molecule has 0 unspecified atom stereocenters. The van der Waals surface area contributed by atoms with E-state index < -0.39 is 0 Å². The molecule has 2 fully saturated rings. The van der Waals surface area contributed by atoms with E-state index in [1.54, 1.807) is 0 Å². The molecule has 0 aromatic rings. The number of piperazine rings is 1. The smallest absolute Gasteiger partial charge is 0.0223 e. The van der Waals surface area contributed by atoms with Crippen LogP contribution in [0.1, 0.15) is 19.3 Å². The van der Waals surface area contributed by atoms with Crippen LogP contribution in [0.3, 0.4) is 0 Å². The molecule has 11 heavy (non-hydrogen) atoms. The van der Waals surface area contributed by atoms with Crippen LogP contribution in [0.4, 0.5) is 0 Å². The lowest BCUT2D eigenvalue weighted by Crippen LogP contribution is -2.53. The van der Waals surface area contributed by atoms with Gasteiger partial charge >= 0.3 is 0 Å². The first-order valence-corrected chi connectivity index (χ1v) is 4.79. The lowest BCUT2D eigenvalue weighted by molar-refractivity contribution is 0.0623. The van der Waals surface area contributed by atoms with Gasteiger partial charge in [-0.1, -0.05) is 6.42 Å². The van der Waals surface area contributed by atoms with E-state index in [4.69, 9.17) is 0 Å². The molecular formula is C9H18N2. The summed E-state index contributed by atoms with van der Waals surface area (Å²) in [5.74, 6) is 0. The van der Waals surface area contributed by atoms with Crippen LogP contribution in [0.25, 0.3) is 0 Å². The summed E-state index contributed by atoms with van der Waals surface area (Å²) < 4.78 is 0. The van der Waals surface area contributed by atoms with E-state index in [9.17, 15) is 0 Å². The van der Waals surface area contributed by atoms with Crippen LogP contribution < -0.4 is 0 Å². The Morgan fingerprint density at radius 2 is 2.00 bits per heavy atom. The predicted molar refractivity (Wildman–Crippen MR) is 46.7 cm³/mol. The molecule has 0 bridgehead atoms. The second-order valence-electron chi connectivity index (χ2n) is 3.95. The lowest BCUT2D eigenvalue weighted by atomic mass is 10.00. The Bertz CT molecular complexity index is 136. The summed E-state index contributed by atoms with van der Waals surface area (Å²) in [6.45, 7) is 5.25. The van der Waals surface area contributed by atoms with E-state index in [1.165, 1.54) is 45.4 Å².